The number of hydrogen-bond donors (Lipinski definition) is 1. The number of likely N-dealkylation sites (tertiary alicyclic amines) is 1. The molecule has 0 aromatic heterocycles. The van der Waals surface area contributed by atoms with E-state index in [1.165, 1.54) is 6.42 Å². The number of hydrogen-bond acceptors (Lipinski definition) is 2. The van der Waals surface area contributed by atoms with Crippen LogP contribution >= 0.6 is 0 Å². The fourth-order valence-electron chi connectivity index (χ4n) is 2.27. The molecule has 0 aromatic carbocycles. The molecule has 12 heavy (non-hydrogen) atoms. The van der Waals surface area contributed by atoms with E-state index in [9.17, 15) is 5.11 Å². The zero-order valence-electron chi connectivity index (χ0n) is 8.67. The van der Waals surface area contributed by atoms with E-state index >= 15 is 0 Å². The zero-order valence-corrected chi connectivity index (χ0v) is 8.67. The molecule has 1 rings (SSSR count). The summed E-state index contributed by atoms with van der Waals surface area (Å²) in [7, 11) is 2.11. The Morgan fingerprint density at radius 1 is 1.33 bits per heavy atom. The van der Waals surface area contributed by atoms with Gasteiger partial charge in [0, 0.05) is 12.6 Å². The molecule has 72 valence electrons. The van der Waals surface area contributed by atoms with E-state index in [4.69, 9.17) is 0 Å². The highest BCUT2D eigenvalue weighted by molar-refractivity contribution is 4.88. The molecule has 2 nitrogen and oxygen atoms in total. The molecule has 0 aliphatic carbocycles. The van der Waals surface area contributed by atoms with Crippen molar-refractivity contribution in [1.29, 1.82) is 0 Å². The first-order valence-electron chi connectivity index (χ1n) is 4.84. The van der Waals surface area contributed by atoms with Crippen LogP contribution < -0.4 is 0 Å². The lowest BCUT2D eigenvalue weighted by atomic mass is 9.86. The lowest BCUT2D eigenvalue weighted by Gasteiger charge is -2.42. The van der Waals surface area contributed by atoms with Gasteiger partial charge >= 0.3 is 0 Å². The second-order valence-electron chi connectivity index (χ2n) is 4.79. The number of aliphatic hydroxyl groups is 1. The molecule has 0 bridgehead atoms. The Hall–Kier alpha value is -0.0800. The van der Waals surface area contributed by atoms with Crippen molar-refractivity contribution < 1.29 is 5.11 Å². The Bertz CT molecular complexity index is 150. The van der Waals surface area contributed by atoms with E-state index < -0.39 is 5.60 Å². The van der Waals surface area contributed by atoms with Crippen molar-refractivity contribution in [2.24, 2.45) is 5.92 Å². The van der Waals surface area contributed by atoms with Gasteiger partial charge in [-0.15, -0.1) is 0 Å². The molecule has 1 N–H and O–H groups in total. The SMILES string of the molecule is CC1CCC(C(C)(C)O)N(C)C1. The average molecular weight is 171 g/mol. The van der Waals surface area contributed by atoms with Gasteiger partial charge in [-0.1, -0.05) is 6.92 Å². The molecule has 1 fully saturated rings. The molecule has 0 spiro atoms. The maximum atomic E-state index is 9.86. The molecule has 1 aliphatic heterocycles. The van der Waals surface area contributed by atoms with E-state index in [0.717, 1.165) is 18.9 Å². The summed E-state index contributed by atoms with van der Waals surface area (Å²) in [6.07, 6.45) is 2.38. The van der Waals surface area contributed by atoms with Crippen LogP contribution in [0.1, 0.15) is 33.6 Å². The second kappa shape index (κ2) is 3.35. The van der Waals surface area contributed by atoms with Gasteiger partial charge in [-0.05, 0) is 39.7 Å². The first-order valence-corrected chi connectivity index (χ1v) is 4.84. The Labute approximate surface area is 75.6 Å². The normalized spacial score (nSPS) is 33.8. The third-order valence-corrected chi connectivity index (χ3v) is 2.88. The number of nitrogens with zero attached hydrogens (tertiary/aromatic N) is 1. The first kappa shape index (κ1) is 10.0. The summed E-state index contributed by atoms with van der Waals surface area (Å²) in [6, 6.07) is 0.341. The Kier molecular flexibility index (Phi) is 2.79. The number of likely N-dealkylation sites (N-methyl/N-ethyl adjacent to an activating group) is 1. The quantitative estimate of drug-likeness (QED) is 0.646. The Morgan fingerprint density at radius 3 is 2.33 bits per heavy atom. The summed E-state index contributed by atoms with van der Waals surface area (Å²) < 4.78 is 0. The number of rotatable bonds is 1. The third-order valence-electron chi connectivity index (χ3n) is 2.88. The lowest BCUT2D eigenvalue weighted by molar-refractivity contribution is -0.0348. The first-order chi connectivity index (χ1) is 5.41. The van der Waals surface area contributed by atoms with Crippen LogP contribution in [0.15, 0.2) is 0 Å². The molecule has 0 saturated carbocycles. The van der Waals surface area contributed by atoms with Gasteiger partial charge < -0.3 is 10.0 Å². The standard InChI is InChI=1S/C10H21NO/c1-8-5-6-9(10(2,3)12)11(4)7-8/h8-9,12H,5-7H2,1-4H3. The van der Waals surface area contributed by atoms with Gasteiger partial charge in [-0.25, -0.2) is 0 Å². The minimum atomic E-state index is -0.547. The molecule has 1 aliphatic rings. The van der Waals surface area contributed by atoms with Crippen molar-refractivity contribution in [3.63, 3.8) is 0 Å². The summed E-state index contributed by atoms with van der Waals surface area (Å²) in [5.74, 6) is 0.786. The van der Waals surface area contributed by atoms with E-state index in [0.29, 0.717) is 6.04 Å². The summed E-state index contributed by atoms with van der Waals surface area (Å²) in [5, 5.41) is 9.86. The topological polar surface area (TPSA) is 23.5 Å². The monoisotopic (exact) mass is 171 g/mol. The van der Waals surface area contributed by atoms with Crippen molar-refractivity contribution in [1.82, 2.24) is 4.90 Å². The molecule has 2 atom stereocenters. The fraction of sp³-hybridized carbons (Fsp3) is 1.00. The summed E-state index contributed by atoms with van der Waals surface area (Å²) >= 11 is 0. The van der Waals surface area contributed by atoms with E-state index in [-0.39, 0.29) is 0 Å². The fourth-order valence-corrected chi connectivity index (χ4v) is 2.27. The van der Waals surface area contributed by atoms with Crippen LogP contribution in [0.3, 0.4) is 0 Å². The van der Waals surface area contributed by atoms with Gasteiger partial charge in [-0.3, -0.25) is 0 Å². The van der Waals surface area contributed by atoms with Gasteiger partial charge in [0.2, 0.25) is 0 Å². The predicted molar refractivity (Wildman–Crippen MR) is 51.1 cm³/mol. The molecular formula is C10H21NO. The van der Waals surface area contributed by atoms with Gasteiger partial charge in [0.15, 0.2) is 0 Å². The predicted octanol–water partition coefficient (Wildman–Crippen LogP) is 1.49. The number of piperidine rings is 1. The van der Waals surface area contributed by atoms with E-state index in [2.05, 4.69) is 18.9 Å². The molecule has 0 amide bonds. The Morgan fingerprint density at radius 2 is 1.92 bits per heavy atom. The second-order valence-corrected chi connectivity index (χ2v) is 4.79. The van der Waals surface area contributed by atoms with Crippen molar-refractivity contribution in [2.45, 2.75) is 45.3 Å². The molecule has 2 unspecified atom stereocenters. The van der Waals surface area contributed by atoms with Gasteiger partial charge in [0.25, 0.3) is 0 Å². The van der Waals surface area contributed by atoms with Gasteiger partial charge in [0.05, 0.1) is 5.60 Å². The minimum Gasteiger partial charge on any atom is -0.389 e. The van der Waals surface area contributed by atoms with Crippen molar-refractivity contribution >= 4 is 0 Å². The minimum absolute atomic E-state index is 0.341. The van der Waals surface area contributed by atoms with Crippen LogP contribution in [0.25, 0.3) is 0 Å². The van der Waals surface area contributed by atoms with Crippen LogP contribution in [0, 0.1) is 5.92 Å². The molecule has 2 heteroatoms. The average Bonchev–Trinajstić information content (AvgIpc) is 1.83. The van der Waals surface area contributed by atoms with Crippen molar-refractivity contribution in [3.8, 4) is 0 Å². The van der Waals surface area contributed by atoms with Gasteiger partial charge in [0.1, 0.15) is 0 Å². The van der Waals surface area contributed by atoms with Crippen LogP contribution in [0.2, 0.25) is 0 Å². The summed E-state index contributed by atoms with van der Waals surface area (Å²) in [4.78, 5) is 2.29. The lowest BCUT2D eigenvalue weighted by Crippen LogP contribution is -2.51. The van der Waals surface area contributed by atoms with Crippen LogP contribution in [0.5, 0.6) is 0 Å². The maximum absolute atomic E-state index is 9.86. The molecule has 0 aromatic rings. The highest BCUT2D eigenvalue weighted by Crippen LogP contribution is 2.27. The summed E-state index contributed by atoms with van der Waals surface area (Å²) in [5.41, 5.74) is -0.547. The van der Waals surface area contributed by atoms with Gasteiger partial charge in [-0.2, -0.15) is 0 Å². The molecule has 0 radical (unpaired) electrons. The summed E-state index contributed by atoms with van der Waals surface area (Å²) in [6.45, 7) is 7.21. The highest BCUT2D eigenvalue weighted by Gasteiger charge is 2.33. The van der Waals surface area contributed by atoms with Crippen LogP contribution in [0.4, 0.5) is 0 Å². The highest BCUT2D eigenvalue weighted by atomic mass is 16.3. The molecular weight excluding hydrogens is 150 g/mol. The molecule has 1 saturated heterocycles. The molecule has 1 heterocycles. The van der Waals surface area contributed by atoms with Crippen molar-refractivity contribution in [3.05, 3.63) is 0 Å². The smallest absolute Gasteiger partial charge is 0.0746 e. The van der Waals surface area contributed by atoms with E-state index in [1.807, 2.05) is 13.8 Å². The van der Waals surface area contributed by atoms with Crippen LogP contribution in [-0.2, 0) is 0 Å². The third kappa shape index (κ3) is 2.20. The van der Waals surface area contributed by atoms with Crippen molar-refractivity contribution in [2.75, 3.05) is 13.6 Å². The van der Waals surface area contributed by atoms with E-state index in [1.54, 1.807) is 0 Å². The largest absolute Gasteiger partial charge is 0.389 e. The van der Waals surface area contributed by atoms with Crippen LogP contribution in [-0.4, -0.2) is 35.2 Å². The zero-order chi connectivity index (χ0) is 9.35. The Balaban J connectivity index is 2.57. The maximum Gasteiger partial charge on any atom is 0.0746 e.